The number of pyridine rings is 1. The van der Waals surface area contributed by atoms with Crippen molar-refractivity contribution in [3.63, 3.8) is 0 Å². The van der Waals surface area contributed by atoms with E-state index >= 15 is 0 Å². The highest BCUT2D eigenvalue weighted by Gasteiger charge is 1.96. The number of nitrogens with one attached hydrogen (secondary N) is 1. The molecule has 0 amide bonds. The molecule has 0 radical (unpaired) electrons. The van der Waals surface area contributed by atoms with Gasteiger partial charge in [-0.3, -0.25) is 0 Å². The van der Waals surface area contributed by atoms with Crippen molar-refractivity contribution in [3.8, 4) is 6.07 Å². The third-order valence-electron chi connectivity index (χ3n) is 2.53. The number of anilines is 2. The van der Waals surface area contributed by atoms with Crippen molar-refractivity contribution in [3.05, 3.63) is 53.9 Å². The summed E-state index contributed by atoms with van der Waals surface area (Å²) in [6, 6.07) is 13.8. The highest BCUT2D eigenvalue weighted by molar-refractivity contribution is 5.59. The van der Waals surface area contributed by atoms with E-state index in [1.165, 1.54) is 5.56 Å². The molecule has 3 heteroatoms. The lowest BCUT2D eigenvalue weighted by Crippen LogP contribution is -1.92. The van der Waals surface area contributed by atoms with Crippen molar-refractivity contribution in [1.29, 1.82) is 5.26 Å². The lowest BCUT2D eigenvalue weighted by molar-refractivity contribution is 1.14. The number of nitrogens with zero attached hydrogens (tertiary/aromatic N) is 2. The molecule has 0 bridgehead atoms. The first-order valence-corrected chi connectivity index (χ1v) is 5.54. The number of hydrogen-bond acceptors (Lipinski definition) is 3. The Balaban J connectivity index is 2.11. The second-order valence-electron chi connectivity index (χ2n) is 3.72. The fourth-order valence-electron chi connectivity index (χ4n) is 1.52. The van der Waals surface area contributed by atoms with Gasteiger partial charge in [0.05, 0.1) is 11.9 Å². The van der Waals surface area contributed by atoms with Crippen LogP contribution in [0.4, 0.5) is 11.4 Å². The van der Waals surface area contributed by atoms with E-state index in [1.54, 1.807) is 12.3 Å². The van der Waals surface area contributed by atoms with Gasteiger partial charge in [0.15, 0.2) is 0 Å². The van der Waals surface area contributed by atoms with Gasteiger partial charge in [0.1, 0.15) is 11.8 Å². The molecule has 0 aliphatic rings. The number of nitriles is 1. The van der Waals surface area contributed by atoms with Crippen LogP contribution in [0.3, 0.4) is 0 Å². The number of aromatic nitrogens is 1. The summed E-state index contributed by atoms with van der Waals surface area (Å²) in [4.78, 5) is 4.00. The Morgan fingerprint density at radius 3 is 2.35 bits per heavy atom. The van der Waals surface area contributed by atoms with Crippen LogP contribution in [-0.2, 0) is 6.42 Å². The smallest absolute Gasteiger partial charge is 0.140 e. The fourth-order valence-corrected chi connectivity index (χ4v) is 1.52. The first-order valence-electron chi connectivity index (χ1n) is 5.54. The maximum atomic E-state index is 8.64. The molecule has 1 heterocycles. The highest BCUT2D eigenvalue weighted by atomic mass is 14.9. The Morgan fingerprint density at radius 1 is 1.12 bits per heavy atom. The van der Waals surface area contributed by atoms with Gasteiger partial charge in [-0.15, -0.1) is 0 Å². The molecule has 17 heavy (non-hydrogen) atoms. The topological polar surface area (TPSA) is 48.7 Å². The maximum absolute atomic E-state index is 8.64. The Kier molecular flexibility index (Phi) is 3.37. The molecule has 0 aliphatic carbocycles. The monoisotopic (exact) mass is 223 g/mol. The molecule has 2 aromatic rings. The molecular formula is C14H13N3. The molecule has 1 aromatic carbocycles. The van der Waals surface area contributed by atoms with Crippen LogP contribution in [0.1, 0.15) is 18.2 Å². The Bertz CT molecular complexity index is 521. The minimum Gasteiger partial charge on any atom is -0.354 e. The standard InChI is InChI=1S/C14H13N3/c1-2-11-3-5-12(6-4-11)17-14-8-7-13(9-15)16-10-14/h3-8,10,17H,2H2,1H3. The Labute approximate surface area is 101 Å². The van der Waals surface area contributed by atoms with Crippen molar-refractivity contribution in [2.45, 2.75) is 13.3 Å². The first-order chi connectivity index (χ1) is 8.31. The molecule has 0 spiro atoms. The zero-order valence-electron chi connectivity index (χ0n) is 9.64. The number of benzene rings is 1. The first kappa shape index (κ1) is 11.2. The third kappa shape index (κ3) is 2.82. The second-order valence-corrected chi connectivity index (χ2v) is 3.72. The van der Waals surface area contributed by atoms with Crippen LogP contribution in [0, 0.1) is 11.3 Å². The molecule has 0 fully saturated rings. The highest BCUT2D eigenvalue weighted by Crippen LogP contribution is 2.16. The summed E-state index contributed by atoms with van der Waals surface area (Å²) >= 11 is 0. The second kappa shape index (κ2) is 5.13. The summed E-state index contributed by atoms with van der Waals surface area (Å²) in [5.74, 6) is 0. The van der Waals surface area contributed by atoms with E-state index in [2.05, 4.69) is 29.4 Å². The van der Waals surface area contributed by atoms with Crippen molar-refractivity contribution < 1.29 is 0 Å². The predicted octanol–water partition coefficient (Wildman–Crippen LogP) is 3.26. The van der Waals surface area contributed by atoms with Gasteiger partial charge in [-0.2, -0.15) is 5.26 Å². The summed E-state index contributed by atoms with van der Waals surface area (Å²) in [6.07, 6.45) is 2.70. The van der Waals surface area contributed by atoms with E-state index in [0.717, 1.165) is 17.8 Å². The van der Waals surface area contributed by atoms with E-state index < -0.39 is 0 Å². The minimum absolute atomic E-state index is 0.428. The van der Waals surface area contributed by atoms with Gasteiger partial charge < -0.3 is 5.32 Å². The average molecular weight is 223 g/mol. The van der Waals surface area contributed by atoms with Crippen LogP contribution in [0.25, 0.3) is 0 Å². The van der Waals surface area contributed by atoms with Crippen LogP contribution in [0.2, 0.25) is 0 Å². The Hall–Kier alpha value is -2.34. The molecule has 3 nitrogen and oxygen atoms in total. The lowest BCUT2D eigenvalue weighted by atomic mass is 10.1. The van der Waals surface area contributed by atoms with E-state index in [9.17, 15) is 0 Å². The van der Waals surface area contributed by atoms with Gasteiger partial charge in [-0.1, -0.05) is 19.1 Å². The molecule has 84 valence electrons. The van der Waals surface area contributed by atoms with Gasteiger partial charge in [0.2, 0.25) is 0 Å². The minimum atomic E-state index is 0.428. The summed E-state index contributed by atoms with van der Waals surface area (Å²) in [6.45, 7) is 2.13. The zero-order valence-corrected chi connectivity index (χ0v) is 9.64. The van der Waals surface area contributed by atoms with Gasteiger partial charge in [0.25, 0.3) is 0 Å². The van der Waals surface area contributed by atoms with Crippen LogP contribution >= 0.6 is 0 Å². The van der Waals surface area contributed by atoms with Crippen LogP contribution < -0.4 is 5.32 Å². The average Bonchev–Trinajstić information content (AvgIpc) is 2.40. The normalized spacial score (nSPS) is 9.65. The van der Waals surface area contributed by atoms with Gasteiger partial charge >= 0.3 is 0 Å². The van der Waals surface area contributed by atoms with E-state index in [-0.39, 0.29) is 0 Å². The van der Waals surface area contributed by atoms with Crippen LogP contribution in [0.15, 0.2) is 42.6 Å². The maximum Gasteiger partial charge on any atom is 0.140 e. The summed E-state index contributed by atoms with van der Waals surface area (Å²) in [5, 5.41) is 11.9. The number of rotatable bonds is 3. The zero-order chi connectivity index (χ0) is 12.1. The van der Waals surface area contributed by atoms with E-state index in [0.29, 0.717) is 5.69 Å². The predicted molar refractivity (Wildman–Crippen MR) is 68.1 cm³/mol. The third-order valence-corrected chi connectivity index (χ3v) is 2.53. The van der Waals surface area contributed by atoms with Gasteiger partial charge in [-0.05, 0) is 36.2 Å². The number of aryl methyl sites for hydroxylation is 1. The van der Waals surface area contributed by atoms with E-state index in [1.807, 2.05) is 24.3 Å². The number of hydrogen-bond donors (Lipinski definition) is 1. The quantitative estimate of drug-likeness (QED) is 0.868. The van der Waals surface area contributed by atoms with Gasteiger partial charge in [-0.25, -0.2) is 4.98 Å². The fraction of sp³-hybridized carbons (Fsp3) is 0.143. The van der Waals surface area contributed by atoms with Crippen molar-refractivity contribution in [1.82, 2.24) is 4.98 Å². The molecule has 0 unspecified atom stereocenters. The van der Waals surface area contributed by atoms with Crippen LogP contribution in [-0.4, -0.2) is 4.98 Å². The SMILES string of the molecule is CCc1ccc(Nc2ccc(C#N)nc2)cc1. The summed E-state index contributed by atoms with van der Waals surface area (Å²) in [5.41, 5.74) is 3.65. The molecule has 0 saturated heterocycles. The summed E-state index contributed by atoms with van der Waals surface area (Å²) < 4.78 is 0. The molecule has 1 aromatic heterocycles. The molecule has 0 saturated carbocycles. The van der Waals surface area contributed by atoms with Gasteiger partial charge in [0, 0.05) is 5.69 Å². The molecule has 2 rings (SSSR count). The van der Waals surface area contributed by atoms with Crippen molar-refractivity contribution in [2.75, 3.05) is 5.32 Å². The molecule has 0 aliphatic heterocycles. The largest absolute Gasteiger partial charge is 0.354 e. The van der Waals surface area contributed by atoms with Crippen molar-refractivity contribution >= 4 is 11.4 Å². The molecule has 1 N–H and O–H groups in total. The molecule has 0 atom stereocenters. The van der Waals surface area contributed by atoms with E-state index in [4.69, 9.17) is 5.26 Å². The van der Waals surface area contributed by atoms with Crippen molar-refractivity contribution in [2.24, 2.45) is 0 Å². The molecular weight excluding hydrogens is 210 g/mol. The lowest BCUT2D eigenvalue weighted by Gasteiger charge is -2.06. The Morgan fingerprint density at radius 2 is 1.82 bits per heavy atom. The summed E-state index contributed by atoms with van der Waals surface area (Å²) in [7, 11) is 0. The van der Waals surface area contributed by atoms with Crippen LogP contribution in [0.5, 0.6) is 0 Å².